The molecule has 1 aromatic carbocycles. The molecule has 0 aliphatic heterocycles. The molecule has 0 aliphatic rings. The smallest absolute Gasteiger partial charge is 0.122 e. The summed E-state index contributed by atoms with van der Waals surface area (Å²) in [5.74, 6) is 0.902. The monoisotopic (exact) mass is 199 g/mol. The van der Waals surface area contributed by atoms with E-state index in [1.807, 2.05) is 25.2 Å². The van der Waals surface area contributed by atoms with Gasteiger partial charge in [0.25, 0.3) is 0 Å². The maximum absolute atomic E-state index is 5.88. The number of halogens is 1. The van der Waals surface area contributed by atoms with Crippen LogP contribution in [0.25, 0.3) is 0 Å². The SMILES string of the molecule is CNCCc1cc(Cl)ccc1OC. The Bertz CT molecular complexity index is 276. The van der Waals surface area contributed by atoms with Gasteiger partial charge in [0.2, 0.25) is 0 Å². The molecule has 2 nitrogen and oxygen atoms in total. The Morgan fingerprint density at radius 1 is 1.46 bits per heavy atom. The molecule has 0 radical (unpaired) electrons. The first kappa shape index (κ1) is 10.4. The molecule has 0 heterocycles. The minimum atomic E-state index is 0.756. The molecule has 0 atom stereocenters. The molecule has 0 saturated heterocycles. The van der Waals surface area contributed by atoms with Crippen LogP contribution in [-0.4, -0.2) is 20.7 Å². The van der Waals surface area contributed by atoms with Crippen LogP contribution in [0.5, 0.6) is 5.75 Å². The second-order valence-electron chi connectivity index (χ2n) is 2.81. The van der Waals surface area contributed by atoms with Crippen molar-refractivity contribution in [2.24, 2.45) is 0 Å². The first-order valence-electron chi connectivity index (χ1n) is 4.25. The van der Waals surface area contributed by atoms with Gasteiger partial charge in [0.1, 0.15) is 5.75 Å². The zero-order valence-corrected chi connectivity index (χ0v) is 8.69. The lowest BCUT2D eigenvalue weighted by molar-refractivity contribution is 0.409. The lowest BCUT2D eigenvalue weighted by Gasteiger charge is -2.08. The molecule has 0 amide bonds. The second-order valence-corrected chi connectivity index (χ2v) is 3.25. The molecular formula is C10H14ClNO. The van der Waals surface area contributed by atoms with Crippen molar-refractivity contribution in [3.63, 3.8) is 0 Å². The number of hydrogen-bond acceptors (Lipinski definition) is 2. The molecule has 0 aromatic heterocycles. The van der Waals surface area contributed by atoms with Crippen molar-refractivity contribution in [1.29, 1.82) is 0 Å². The molecular weight excluding hydrogens is 186 g/mol. The summed E-state index contributed by atoms with van der Waals surface area (Å²) in [4.78, 5) is 0. The van der Waals surface area contributed by atoms with Gasteiger partial charge in [-0.05, 0) is 43.8 Å². The van der Waals surface area contributed by atoms with E-state index in [-0.39, 0.29) is 0 Å². The number of rotatable bonds is 4. The fourth-order valence-electron chi connectivity index (χ4n) is 1.20. The van der Waals surface area contributed by atoms with Crippen LogP contribution in [0.4, 0.5) is 0 Å². The van der Waals surface area contributed by atoms with Gasteiger partial charge in [-0.15, -0.1) is 0 Å². The van der Waals surface area contributed by atoms with Gasteiger partial charge >= 0.3 is 0 Å². The molecule has 0 fully saturated rings. The Morgan fingerprint density at radius 2 is 2.23 bits per heavy atom. The van der Waals surface area contributed by atoms with Crippen molar-refractivity contribution in [3.8, 4) is 5.75 Å². The van der Waals surface area contributed by atoms with E-state index in [0.29, 0.717) is 0 Å². The molecule has 3 heteroatoms. The molecule has 13 heavy (non-hydrogen) atoms. The van der Waals surface area contributed by atoms with Crippen LogP contribution in [0.2, 0.25) is 5.02 Å². The molecule has 1 rings (SSSR count). The molecule has 0 saturated carbocycles. The van der Waals surface area contributed by atoms with Crippen LogP contribution >= 0.6 is 11.6 Å². The van der Waals surface area contributed by atoms with E-state index in [9.17, 15) is 0 Å². The quantitative estimate of drug-likeness (QED) is 0.802. The van der Waals surface area contributed by atoms with E-state index in [0.717, 1.165) is 29.3 Å². The topological polar surface area (TPSA) is 21.3 Å². The van der Waals surface area contributed by atoms with Crippen molar-refractivity contribution in [2.45, 2.75) is 6.42 Å². The molecule has 0 spiro atoms. The number of benzene rings is 1. The Hall–Kier alpha value is -0.730. The van der Waals surface area contributed by atoms with Gasteiger partial charge in [0.15, 0.2) is 0 Å². The number of methoxy groups -OCH3 is 1. The zero-order chi connectivity index (χ0) is 9.68. The average Bonchev–Trinajstić information content (AvgIpc) is 2.15. The lowest BCUT2D eigenvalue weighted by atomic mass is 10.1. The summed E-state index contributed by atoms with van der Waals surface area (Å²) in [6.45, 7) is 0.927. The van der Waals surface area contributed by atoms with E-state index < -0.39 is 0 Å². The van der Waals surface area contributed by atoms with E-state index in [1.54, 1.807) is 7.11 Å². The first-order chi connectivity index (χ1) is 6.27. The van der Waals surface area contributed by atoms with Crippen molar-refractivity contribution < 1.29 is 4.74 Å². The number of nitrogens with one attached hydrogen (secondary N) is 1. The molecule has 0 unspecified atom stereocenters. The zero-order valence-electron chi connectivity index (χ0n) is 7.93. The van der Waals surface area contributed by atoms with Crippen LogP contribution < -0.4 is 10.1 Å². The maximum Gasteiger partial charge on any atom is 0.122 e. The minimum Gasteiger partial charge on any atom is -0.496 e. The van der Waals surface area contributed by atoms with Crippen LogP contribution in [0.15, 0.2) is 18.2 Å². The van der Waals surface area contributed by atoms with Crippen LogP contribution in [-0.2, 0) is 6.42 Å². The largest absolute Gasteiger partial charge is 0.496 e. The van der Waals surface area contributed by atoms with Gasteiger partial charge in [-0.3, -0.25) is 0 Å². The third-order valence-electron chi connectivity index (χ3n) is 1.89. The molecule has 0 bridgehead atoms. The Balaban J connectivity index is 2.81. The van der Waals surface area contributed by atoms with Gasteiger partial charge < -0.3 is 10.1 Å². The highest BCUT2D eigenvalue weighted by Crippen LogP contribution is 2.22. The first-order valence-corrected chi connectivity index (χ1v) is 4.62. The van der Waals surface area contributed by atoms with E-state index >= 15 is 0 Å². The number of likely N-dealkylation sites (N-methyl/N-ethyl adjacent to an activating group) is 1. The fourth-order valence-corrected chi connectivity index (χ4v) is 1.40. The van der Waals surface area contributed by atoms with E-state index in [4.69, 9.17) is 16.3 Å². The summed E-state index contributed by atoms with van der Waals surface area (Å²) in [6, 6.07) is 5.67. The summed E-state index contributed by atoms with van der Waals surface area (Å²) in [5.41, 5.74) is 1.14. The van der Waals surface area contributed by atoms with Crippen LogP contribution in [0, 0.1) is 0 Å². The van der Waals surface area contributed by atoms with Crippen LogP contribution in [0.1, 0.15) is 5.56 Å². The van der Waals surface area contributed by atoms with Crippen LogP contribution in [0.3, 0.4) is 0 Å². The summed E-state index contributed by atoms with van der Waals surface area (Å²) in [7, 11) is 3.60. The Morgan fingerprint density at radius 3 is 2.85 bits per heavy atom. The predicted molar refractivity (Wildman–Crippen MR) is 55.6 cm³/mol. The van der Waals surface area contributed by atoms with Gasteiger partial charge in [0, 0.05) is 5.02 Å². The van der Waals surface area contributed by atoms with Crippen molar-refractivity contribution in [2.75, 3.05) is 20.7 Å². The minimum absolute atomic E-state index is 0.756. The van der Waals surface area contributed by atoms with Crippen molar-refractivity contribution in [1.82, 2.24) is 5.32 Å². The fraction of sp³-hybridized carbons (Fsp3) is 0.400. The number of hydrogen-bond donors (Lipinski definition) is 1. The van der Waals surface area contributed by atoms with Crippen molar-refractivity contribution in [3.05, 3.63) is 28.8 Å². The lowest BCUT2D eigenvalue weighted by Crippen LogP contribution is -2.10. The molecule has 72 valence electrons. The maximum atomic E-state index is 5.88. The van der Waals surface area contributed by atoms with E-state index in [1.165, 1.54) is 0 Å². The third-order valence-corrected chi connectivity index (χ3v) is 2.12. The molecule has 1 N–H and O–H groups in total. The summed E-state index contributed by atoms with van der Waals surface area (Å²) >= 11 is 5.88. The van der Waals surface area contributed by atoms with Crippen molar-refractivity contribution >= 4 is 11.6 Å². The number of ether oxygens (including phenoxy) is 1. The Kier molecular flexibility index (Phi) is 4.06. The Labute approximate surface area is 83.9 Å². The molecule has 1 aromatic rings. The summed E-state index contributed by atoms with van der Waals surface area (Å²) in [6.07, 6.45) is 0.931. The van der Waals surface area contributed by atoms with Gasteiger partial charge in [0.05, 0.1) is 7.11 Å². The van der Waals surface area contributed by atoms with Gasteiger partial charge in [-0.1, -0.05) is 11.6 Å². The highest BCUT2D eigenvalue weighted by molar-refractivity contribution is 6.30. The highest BCUT2D eigenvalue weighted by atomic mass is 35.5. The average molecular weight is 200 g/mol. The second kappa shape index (κ2) is 5.10. The highest BCUT2D eigenvalue weighted by Gasteiger charge is 2.02. The van der Waals surface area contributed by atoms with Gasteiger partial charge in [-0.2, -0.15) is 0 Å². The third kappa shape index (κ3) is 2.90. The molecule has 0 aliphatic carbocycles. The standard InChI is InChI=1S/C10H14ClNO/c1-12-6-5-8-7-9(11)3-4-10(8)13-2/h3-4,7,12H,5-6H2,1-2H3. The predicted octanol–water partition coefficient (Wildman–Crippen LogP) is 2.11. The van der Waals surface area contributed by atoms with E-state index in [2.05, 4.69) is 5.32 Å². The summed E-state index contributed by atoms with van der Waals surface area (Å²) < 4.78 is 5.21. The summed E-state index contributed by atoms with van der Waals surface area (Å²) in [5, 5.41) is 3.84. The normalized spacial score (nSPS) is 10.1. The van der Waals surface area contributed by atoms with Gasteiger partial charge in [-0.25, -0.2) is 0 Å².